The summed E-state index contributed by atoms with van der Waals surface area (Å²) in [5.74, 6) is 0.425. The third kappa shape index (κ3) is 3.39. The highest BCUT2D eigenvalue weighted by Gasteiger charge is 1.97. The highest BCUT2D eigenvalue weighted by molar-refractivity contribution is 5.92. The van der Waals surface area contributed by atoms with E-state index in [-0.39, 0.29) is 0 Å². The van der Waals surface area contributed by atoms with E-state index < -0.39 is 0 Å². The van der Waals surface area contributed by atoms with E-state index in [1.807, 2.05) is 42.5 Å². The van der Waals surface area contributed by atoms with Gasteiger partial charge in [-0.1, -0.05) is 54.6 Å². The first kappa shape index (κ1) is 13.2. The van der Waals surface area contributed by atoms with Crippen LogP contribution in [0.1, 0.15) is 5.56 Å². The van der Waals surface area contributed by atoms with Gasteiger partial charge in [-0.25, -0.2) is 4.99 Å². The van der Waals surface area contributed by atoms with Crippen molar-refractivity contribution in [1.82, 2.24) is 0 Å². The minimum atomic E-state index is 0.425. The molecule has 0 amide bonds. The molecule has 3 nitrogen and oxygen atoms in total. The monoisotopic (exact) mass is 275 g/mol. The Morgan fingerprint density at radius 2 is 1.57 bits per heavy atom. The van der Waals surface area contributed by atoms with Crippen LogP contribution in [0.5, 0.6) is 0 Å². The Kier molecular flexibility index (Phi) is 3.83. The van der Waals surface area contributed by atoms with Gasteiger partial charge in [-0.3, -0.25) is 0 Å². The number of nitrogens with one attached hydrogen (secondary N) is 1. The van der Waals surface area contributed by atoms with E-state index >= 15 is 0 Å². The van der Waals surface area contributed by atoms with Gasteiger partial charge in [0, 0.05) is 5.69 Å². The number of fused-ring (bicyclic) bond motifs is 1. The summed E-state index contributed by atoms with van der Waals surface area (Å²) in [4.78, 5) is 4.38. The maximum atomic E-state index is 5.91. The van der Waals surface area contributed by atoms with Gasteiger partial charge in [-0.05, 0) is 34.5 Å². The zero-order valence-corrected chi connectivity index (χ0v) is 11.7. The molecule has 0 aliphatic rings. The molecule has 0 atom stereocenters. The zero-order chi connectivity index (χ0) is 14.5. The fourth-order valence-electron chi connectivity index (χ4n) is 2.22. The van der Waals surface area contributed by atoms with Crippen LogP contribution in [0.25, 0.3) is 10.8 Å². The van der Waals surface area contributed by atoms with E-state index in [1.165, 1.54) is 10.8 Å². The summed E-state index contributed by atoms with van der Waals surface area (Å²) in [6.45, 7) is 0.566. The Morgan fingerprint density at radius 3 is 2.38 bits per heavy atom. The molecule has 0 spiro atoms. The topological polar surface area (TPSA) is 50.4 Å². The van der Waals surface area contributed by atoms with Crippen molar-refractivity contribution in [1.29, 1.82) is 0 Å². The lowest BCUT2D eigenvalue weighted by atomic mass is 10.1. The molecule has 3 heteroatoms. The van der Waals surface area contributed by atoms with Gasteiger partial charge in [0.05, 0.1) is 6.54 Å². The molecule has 0 radical (unpaired) electrons. The Hall–Kier alpha value is -2.81. The van der Waals surface area contributed by atoms with Crippen molar-refractivity contribution < 1.29 is 0 Å². The normalized spacial score (nSPS) is 11.5. The van der Waals surface area contributed by atoms with Gasteiger partial charge in [0.1, 0.15) is 0 Å². The van der Waals surface area contributed by atoms with Crippen molar-refractivity contribution in [3.8, 4) is 0 Å². The molecule has 0 aromatic heterocycles. The van der Waals surface area contributed by atoms with E-state index in [4.69, 9.17) is 5.73 Å². The molecule has 0 heterocycles. The third-order valence-electron chi connectivity index (χ3n) is 3.29. The second kappa shape index (κ2) is 6.09. The Morgan fingerprint density at radius 1 is 0.857 bits per heavy atom. The zero-order valence-electron chi connectivity index (χ0n) is 11.7. The number of aliphatic imine (C=N–C) groups is 1. The highest BCUT2D eigenvalue weighted by Crippen LogP contribution is 2.16. The number of hydrogen-bond acceptors (Lipinski definition) is 1. The largest absolute Gasteiger partial charge is 0.370 e. The van der Waals surface area contributed by atoms with Crippen LogP contribution in [0.2, 0.25) is 0 Å². The van der Waals surface area contributed by atoms with Crippen LogP contribution in [0.3, 0.4) is 0 Å². The molecule has 0 aliphatic carbocycles. The van der Waals surface area contributed by atoms with Crippen LogP contribution in [0, 0.1) is 0 Å². The van der Waals surface area contributed by atoms with Crippen molar-refractivity contribution in [3.05, 3.63) is 78.4 Å². The first-order valence-electron chi connectivity index (χ1n) is 6.91. The fraction of sp³-hybridized carbons (Fsp3) is 0.0556. The Labute approximate surface area is 124 Å². The van der Waals surface area contributed by atoms with Gasteiger partial charge >= 0.3 is 0 Å². The Balaban J connectivity index is 1.71. The van der Waals surface area contributed by atoms with Crippen molar-refractivity contribution in [3.63, 3.8) is 0 Å². The molecule has 0 bridgehead atoms. The van der Waals surface area contributed by atoms with Gasteiger partial charge in [0.15, 0.2) is 5.96 Å². The van der Waals surface area contributed by atoms with Gasteiger partial charge in [0.25, 0.3) is 0 Å². The number of hydrogen-bond donors (Lipinski definition) is 2. The molecule has 3 aromatic rings. The summed E-state index contributed by atoms with van der Waals surface area (Å²) >= 11 is 0. The highest BCUT2D eigenvalue weighted by atomic mass is 15.1. The van der Waals surface area contributed by atoms with Crippen molar-refractivity contribution in [2.75, 3.05) is 5.32 Å². The third-order valence-corrected chi connectivity index (χ3v) is 3.29. The van der Waals surface area contributed by atoms with E-state index in [0.29, 0.717) is 12.5 Å². The van der Waals surface area contributed by atoms with E-state index in [9.17, 15) is 0 Å². The molecule has 0 fully saturated rings. The number of benzene rings is 3. The van der Waals surface area contributed by atoms with Crippen LogP contribution in [-0.4, -0.2) is 5.96 Å². The summed E-state index contributed by atoms with van der Waals surface area (Å²) in [6, 6.07) is 24.4. The molecule has 0 saturated heterocycles. The lowest BCUT2D eigenvalue weighted by molar-refractivity contribution is 1.06. The van der Waals surface area contributed by atoms with Crippen molar-refractivity contribution in [2.45, 2.75) is 6.54 Å². The van der Waals surface area contributed by atoms with Crippen LogP contribution in [0.15, 0.2) is 77.8 Å². The lowest BCUT2D eigenvalue weighted by Gasteiger charge is -2.05. The standard InChI is InChI=1S/C18H17N3/c19-18(21-17-8-2-1-3-9-17)20-13-14-10-11-15-6-4-5-7-16(15)12-14/h1-12H,13H2,(H3,19,20,21). The van der Waals surface area contributed by atoms with E-state index in [2.05, 4.69) is 40.6 Å². The van der Waals surface area contributed by atoms with Gasteiger partial charge in [0.2, 0.25) is 0 Å². The average molecular weight is 275 g/mol. The molecular weight excluding hydrogens is 258 g/mol. The quantitative estimate of drug-likeness (QED) is 0.564. The smallest absolute Gasteiger partial charge is 0.193 e. The molecule has 3 rings (SSSR count). The molecule has 21 heavy (non-hydrogen) atoms. The van der Waals surface area contributed by atoms with Gasteiger partial charge < -0.3 is 11.1 Å². The summed E-state index contributed by atoms with van der Waals surface area (Å²) < 4.78 is 0. The van der Waals surface area contributed by atoms with Crippen LogP contribution < -0.4 is 11.1 Å². The minimum absolute atomic E-state index is 0.425. The number of nitrogens with zero attached hydrogens (tertiary/aromatic N) is 1. The van der Waals surface area contributed by atoms with E-state index in [1.54, 1.807) is 0 Å². The second-order valence-corrected chi connectivity index (χ2v) is 4.87. The molecule has 3 N–H and O–H groups in total. The van der Waals surface area contributed by atoms with E-state index in [0.717, 1.165) is 11.3 Å². The average Bonchev–Trinajstić information content (AvgIpc) is 2.54. The lowest BCUT2D eigenvalue weighted by Crippen LogP contribution is -2.22. The number of para-hydroxylation sites is 1. The number of guanidine groups is 1. The minimum Gasteiger partial charge on any atom is -0.370 e. The number of anilines is 1. The molecule has 0 aliphatic heterocycles. The van der Waals surface area contributed by atoms with Gasteiger partial charge in [-0.15, -0.1) is 0 Å². The molecule has 0 unspecified atom stereocenters. The summed E-state index contributed by atoms with van der Waals surface area (Å²) in [5, 5.41) is 5.54. The molecule has 3 aromatic carbocycles. The SMILES string of the molecule is NC(=NCc1ccc2ccccc2c1)Nc1ccccc1. The van der Waals surface area contributed by atoms with Gasteiger partial charge in [-0.2, -0.15) is 0 Å². The first-order valence-corrected chi connectivity index (χ1v) is 6.91. The van der Waals surface area contributed by atoms with Crippen LogP contribution >= 0.6 is 0 Å². The van der Waals surface area contributed by atoms with Crippen LogP contribution in [0.4, 0.5) is 5.69 Å². The van der Waals surface area contributed by atoms with Crippen molar-refractivity contribution in [2.24, 2.45) is 10.7 Å². The molecule has 0 saturated carbocycles. The number of rotatable bonds is 3. The second-order valence-electron chi connectivity index (χ2n) is 4.87. The Bertz CT molecular complexity index is 764. The fourth-order valence-corrected chi connectivity index (χ4v) is 2.22. The van der Waals surface area contributed by atoms with Crippen LogP contribution in [-0.2, 0) is 6.54 Å². The molecular formula is C18H17N3. The maximum absolute atomic E-state index is 5.91. The number of nitrogens with two attached hydrogens (primary N) is 1. The summed E-state index contributed by atoms with van der Waals surface area (Å²) in [7, 11) is 0. The summed E-state index contributed by atoms with van der Waals surface area (Å²) in [6.07, 6.45) is 0. The summed E-state index contributed by atoms with van der Waals surface area (Å²) in [5.41, 5.74) is 7.99. The molecule has 104 valence electrons. The maximum Gasteiger partial charge on any atom is 0.193 e. The predicted octanol–water partition coefficient (Wildman–Crippen LogP) is 3.77. The van der Waals surface area contributed by atoms with Crippen molar-refractivity contribution >= 4 is 22.4 Å². The predicted molar refractivity (Wildman–Crippen MR) is 89.3 cm³/mol. The first-order chi connectivity index (χ1) is 10.3.